The number of anilines is 1. The maximum atomic E-state index is 12.1. The molecule has 1 rings (SSSR count). The van der Waals surface area contributed by atoms with Gasteiger partial charge in [-0.3, -0.25) is 14.4 Å². The highest BCUT2D eigenvalue weighted by atomic mass is 16.2. The smallest absolute Gasteiger partial charge is 0.238 e. The molecular weight excluding hydrogens is 240 g/mol. The van der Waals surface area contributed by atoms with Gasteiger partial charge in [0.1, 0.15) is 0 Å². The molecule has 1 aromatic rings. The van der Waals surface area contributed by atoms with E-state index in [1.54, 1.807) is 4.68 Å². The molecule has 0 aliphatic rings. The van der Waals surface area contributed by atoms with Crippen molar-refractivity contribution in [2.24, 2.45) is 7.05 Å². The molecule has 0 aromatic carbocycles. The molecule has 1 heterocycles. The second-order valence-electron chi connectivity index (χ2n) is 4.94. The van der Waals surface area contributed by atoms with Crippen molar-refractivity contribution < 1.29 is 4.79 Å². The van der Waals surface area contributed by atoms with Gasteiger partial charge in [-0.1, -0.05) is 20.3 Å². The monoisotopic (exact) mass is 266 g/mol. The van der Waals surface area contributed by atoms with E-state index in [0.29, 0.717) is 6.54 Å². The fraction of sp³-hybridized carbons (Fsp3) is 0.714. The highest BCUT2D eigenvalue weighted by Gasteiger charge is 2.14. The van der Waals surface area contributed by atoms with Gasteiger partial charge in [-0.25, -0.2) is 0 Å². The Morgan fingerprint density at radius 2 is 2.05 bits per heavy atom. The molecule has 0 fully saturated rings. The number of carbonyl (C=O) groups is 1. The molecule has 5 nitrogen and oxygen atoms in total. The molecule has 0 atom stereocenters. The van der Waals surface area contributed by atoms with Crippen LogP contribution in [0.2, 0.25) is 0 Å². The van der Waals surface area contributed by atoms with E-state index in [4.69, 9.17) is 0 Å². The molecule has 108 valence electrons. The fourth-order valence-electron chi connectivity index (χ4n) is 2.07. The predicted molar refractivity (Wildman–Crippen MR) is 78.3 cm³/mol. The van der Waals surface area contributed by atoms with Crippen molar-refractivity contribution in [3.8, 4) is 0 Å². The van der Waals surface area contributed by atoms with E-state index in [1.165, 1.54) is 0 Å². The Bertz CT molecular complexity index is 425. The second-order valence-corrected chi connectivity index (χ2v) is 4.94. The Balaban J connectivity index is 2.59. The summed E-state index contributed by atoms with van der Waals surface area (Å²) in [6, 6.07) is 0. The van der Waals surface area contributed by atoms with Crippen LogP contribution in [-0.2, 0) is 11.8 Å². The molecule has 1 aromatic heterocycles. The van der Waals surface area contributed by atoms with E-state index in [-0.39, 0.29) is 5.91 Å². The van der Waals surface area contributed by atoms with Gasteiger partial charge in [-0.2, -0.15) is 5.10 Å². The predicted octanol–water partition coefficient (Wildman–Crippen LogP) is 2.10. The Morgan fingerprint density at radius 1 is 1.37 bits per heavy atom. The number of nitrogens with one attached hydrogen (secondary N) is 1. The quantitative estimate of drug-likeness (QED) is 0.822. The van der Waals surface area contributed by atoms with Crippen molar-refractivity contribution in [3.63, 3.8) is 0 Å². The summed E-state index contributed by atoms with van der Waals surface area (Å²) in [5.74, 6) is 0.0390. The lowest BCUT2D eigenvalue weighted by Gasteiger charge is -2.19. The molecule has 0 unspecified atom stereocenters. The normalized spacial score (nSPS) is 11.1. The Hall–Kier alpha value is -1.36. The lowest BCUT2D eigenvalue weighted by molar-refractivity contribution is -0.117. The summed E-state index contributed by atoms with van der Waals surface area (Å²) in [5, 5.41) is 7.28. The number of aryl methyl sites for hydroxylation is 2. The average molecular weight is 266 g/mol. The molecular formula is C14H26N4O. The van der Waals surface area contributed by atoms with E-state index < -0.39 is 0 Å². The molecule has 5 heteroatoms. The van der Waals surface area contributed by atoms with E-state index in [1.807, 2.05) is 20.9 Å². The first-order valence-electron chi connectivity index (χ1n) is 7.02. The fourth-order valence-corrected chi connectivity index (χ4v) is 2.07. The highest BCUT2D eigenvalue weighted by molar-refractivity contribution is 5.93. The average Bonchev–Trinajstić information content (AvgIpc) is 2.61. The molecule has 1 N–H and O–H groups in total. The van der Waals surface area contributed by atoms with Crippen molar-refractivity contribution in [3.05, 3.63) is 11.4 Å². The summed E-state index contributed by atoms with van der Waals surface area (Å²) in [7, 11) is 1.89. The van der Waals surface area contributed by atoms with Gasteiger partial charge in [0.2, 0.25) is 5.91 Å². The van der Waals surface area contributed by atoms with Crippen LogP contribution >= 0.6 is 0 Å². The molecule has 0 spiro atoms. The van der Waals surface area contributed by atoms with Gasteiger partial charge in [0.05, 0.1) is 23.6 Å². The minimum atomic E-state index is 0.0390. The maximum Gasteiger partial charge on any atom is 0.238 e. The molecule has 19 heavy (non-hydrogen) atoms. The second kappa shape index (κ2) is 7.28. The van der Waals surface area contributed by atoms with E-state index in [0.717, 1.165) is 43.0 Å². The third kappa shape index (κ3) is 4.35. The Morgan fingerprint density at radius 3 is 2.53 bits per heavy atom. The number of carbonyl (C=O) groups excluding carboxylic acids is 1. The Kier molecular flexibility index (Phi) is 6.02. The van der Waals surface area contributed by atoms with Gasteiger partial charge < -0.3 is 5.32 Å². The minimum Gasteiger partial charge on any atom is -0.322 e. The van der Waals surface area contributed by atoms with Crippen LogP contribution < -0.4 is 5.32 Å². The molecule has 0 saturated carbocycles. The number of aromatic nitrogens is 2. The summed E-state index contributed by atoms with van der Waals surface area (Å²) in [4.78, 5) is 14.2. The highest BCUT2D eigenvalue weighted by Crippen LogP contribution is 2.18. The van der Waals surface area contributed by atoms with Crippen LogP contribution in [0, 0.1) is 13.8 Å². The van der Waals surface area contributed by atoms with E-state index in [9.17, 15) is 4.79 Å². The first kappa shape index (κ1) is 15.7. The van der Waals surface area contributed by atoms with Crippen LogP contribution in [0.1, 0.15) is 38.1 Å². The number of unbranched alkanes of at least 4 members (excludes halogenated alkanes) is 1. The van der Waals surface area contributed by atoms with Gasteiger partial charge in [-0.15, -0.1) is 0 Å². The van der Waals surface area contributed by atoms with Gasteiger partial charge in [0.25, 0.3) is 0 Å². The maximum absolute atomic E-state index is 12.1. The molecule has 1 amide bonds. The lowest BCUT2D eigenvalue weighted by atomic mass is 10.3. The molecule has 0 aliphatic heterocycles. The number of nitrogens with zero attached hydrogens (tertiary/aromatic N) is 3. The molecule has 0 radical (unpaired) electrons. The number of amides is 1. The summed E-state index contributed by atoms with van der Waals surface area (Å²) in [5.41, 5.74) is 2.70. The van der Waals surface area contributed by atoms with Crippen LogP contribution in [0.25, 0.3) is 0 Å². The van der Waals surface area contributed by atoms with E-state index in [2.05, 4.69) is 29.2 Å². The van der Waals surface area contributed by atoms with Gasteiger partial charge in [0, 0.05) is 7.05 Å². The molecule has 0 bridgehead atoms. The van der Waals surface area contributed by atoms with Crippen LogP contribution in [0.5, 0.6) is 0 Å². The van der Waals surface area contributed by atoms with Crippen molar-refractivity contribution >= 4 is 11.6 Å². The number of rotatable bonds is 7. The molecule has 0 saturated heterocycles. The van der Waals surface area contributed by atoms with E-state index >= 15 is 0 Å². The van der Waals surface area contributed by atoms with Crippen LogP contribution in [0.4, 0.5) is 5.69 Å². The third-order valence-electron chi connectivity index (χ3n) is 3.42. The van der Waals surface area contributed by atoms with Crippen LogP contribution in [0.15, 0.2) is 0 Å². The summed E-state index contributed by atoms with van der Waals surface area (Å²) in [6.07, 6.45) is 2.28. The standard InChI is InChI=1S/C14H26N4O/c1-6-8-9-18(7-2)10-13(19)15-14-11(3)16-17(5)12(14)4/h6-10H2,1-5H3,(H,15,19). The van der Waals surface area contributed by atoms with Crippen molar-refractivity contribution in [1.82, 2.24) is 14.7 Å². The van der Waals surface area contributed by atoms with Crippen LogP contribution in [-0.4, -0.2) is 40.2 Å². The topological polar surface area (TPSA) is 50.2 Å². The summed E-state index contributed by atoms with van der Waals surface area (Å²) >= 11 is 0. The lowest BCUT2D eigenvalue weighted by Crippen LogP contribution is -2.34. The van der Waals surface area contributed by atoms with Gasteiger partial charge in [-0.05, 0) is 33.4 Å². The van der Waals surface area contributed by atoms with Gasteiger partial charge in [0.15, 0.2) is 0 Å². The molecule has 0 aliphatic carbocycles. The van der Waals surface area contributed by atoms with Crippen molar-refractivity contribution in [2.45, 2.75) is 40.5 Å². The van der Waals surface area contributed by atoms with Gasteiger partial charge >= 0.3 is 0 Å². The zero-order valence-corrected chi connectivity index (χ0v) is 12.8. The summed E-state index contributed by atoms with van der Waals surface area (Å²) in [6.45, 7) is 10.5. The van der Waals surface area contributed by atoms with Crippen molar-refractivity contribution in [2.75, 3.05) is 25.0 Å². The largest absolute Gasteiger partial charge is 0.322 e. The van der Waals surface area contributed by atoms with Crippen LogP contribution in [0.3, 0.4) is 0 Å². The van der Waals surface area contributed by atoms with Crippen molar-refractivity contribution in [1.29, 1.82) is 0 Å². The zero-order chi connectivity index (χ0) is 14.4. The number of likely N-dealkylation sites (N-methyl/N-ethyl adjacent to an activating group) is 1. The minimum absolute atomic E-state index is 0.0390. The first-order valence-corrected chi connectivity index (χ1v) is 7.02. The number of hydrogen-bond acceptors (Lipinski definition) is 3. The zero-order valence-electron chi connectivity index (χ0n) is 12.8. The third-order valence-corrected chi connectivity index (χ3v) is 3.42. The number of hydrogen-bond donors (Lipinski definition) is 1. The first-order chi connectivity index (χ1) is 8.99. The SMILES string of the molecule is CCCCN(CC)CC(=O)Nc1c(C)nn(C)c1C. The Labute approximate surface area is 116 Å². The summed E-state index contributed by atoms with van der Waals surface area (Å²) < 4.78 is 1.79.